The minimum atomic E-state index is -0.478. The zero-order valence-electron chi connectivity index (χ0n) is 17.6. The van der Waals surface area contributed by atoms with Crippen molar-refractivity contribution in [2.75, 3.05) is 19.7 Å². The van der Waals surface area contributed by atoms with Gasteiger partial charge in [-0.05, 0) is 56.5 Å². The van der Waals surface area contributed by atoms with Crippen LogP contribution in [-0.4, -0.2) is 53.5 Å². The smallest absolute Gasteiger partial charge is 0.254 e. The van der Waals surface area contributed by atoms with E-state index in [0.29, 0.717) is 31.9 Å². The molecule has 1 saturated heterocycles. The molecule has 1 aromatic carbocycles. The number of hydrogen-bond donors (Lipinski definition) is 0. The van der Waals surface area contributed by atoms with Gasteiger partial charge in [0.1, 0.15) is 18.1 Å². The fourth-order valence-corrected chi connectivity index (χ4v) is 3.56. The van der Waals surface area contributed by atoms with Crippen LogP contribution in [0, 0.1) is 5.82 Å². The van der Waals surface area contributed by atoms with E-state index in [9.17, 15) is 14.0 Å². The zero-order valence-corrected chi connectivity index (χ0v) is 17.6. The van der Waals surface area contributed by atoms with Gasteiger partial charge in [0, 0.05) is 24.8 Å². The molecule has 0 bridgehead atoms. The normalized spacial score (nSPS) is 17.0. The van der Waals surface area contributed by atoms with Crippen LogP contribution in [0.1, 0.15) is 49.2 Å². The summed E-state index contributed by atoms with van der Waals surface area (Å²) in [7, 11) is 0. The Labute approximate surface area is 176 Å². The predicted octanol–water partition coefficient (Wildman–Crippen LogP) is 3.87. The SMILES string of the molecule is CC[C@@H](C)N(CC(=O)N(Cc1ccco1)C[C@H]1CCCO1)C(=O)c1cccc(F)c1. The van der Waals surface area contributed by atoms with Crippen LogP contribution in [0.15, 0.2) is 47.1 Å². The Bertz CT molecular complexity index is 833. The summed E-state index contributed by atoms with van der Waals surface area (Å²) in [5.74, 6) is -0.346. The van der Waals surface area contributed by atoms with Crippen molar-refractivity contribution in [3.8, 4) is 0 Å². The van der Waals surface area contributed by atoms with E-state index < -0.39 is 5.82 Å². The van der Waals surface area contributed by atoms with E-state index in [1.54, 1.807) is 23.3 Å². The minimum Gasteiger partial charge on any atom is -0.467 e. The number of carbonyl (C=O) groups excluding carboxylic acids is 2. The molecule has 1 aliphatic rings. The fraction of sp³-hybridized carbons (Fsp3) is 0.478. The first kappa shape index (κ1) is 22.0. The zero-order chi connectivity index (χ0) is 21.5. The highest BCUT2D eigenvalue weighted by Gasteiger charge is 2.28. The van der Waals surface area contributed by atoms with Gasteiger partial charge in [-0.25, -0.2) is 4.39 Å². The number of benzene rings is 1. The average molecular weight is 416 g/mol. The Kier molecular flexibility index (Phi) is 7.63. The molecular formula is C23H29FN2O4. The number of amides is 2. The lowest BCUT2D eigenvalue weighted by Crippen LogP contribution is -2.47. The van der Waals surface area contributed by atoms with Crippen LogP contribution in [-0.2, 0) is 16.1 Å². The van der Waals surface area contributed by atoms with Crippen molar-refractivity contribution >= 4 is 11.8 Å². The van der Waals surface area contributed by atoms with Crippen LogP contribution >= 0.6 is 0 Å². The maximum atomic E-state index is 13.6. The van der Waals surface area contributed by atoms with E-state index in [1.165, 1.54) is 23.1 Å². The Morgan fingerprint density at radius 3 is 2.73 bits per heavy atom. The highest BCUT2D eigenvalue weighted by molar-refractivity contribution is 5.96. The van der Waals surface area contributed by atoms with Crippen molar-refractivity contribution < 1.29 is 23.1 Å². The molecule has 0 spiro atoms. The van der Waals surface area contributed by atoms with Crippen LogP contribution in [0.2, 0.25) is 0 Å². The Hall–Kier alpha value is -2.67. The molecule has 1 fully saturated rings. The van der Waals surface area contributed by atoms with E-state index in [-0.39, 0.29) is 36.1 Å². The predicted molar refractivity (Wildman–Crippen MR) is 110 cm³/mol. The molecule has 2 atom stereocenters. The number of furan rings is 1. The molecule has 0 unspecified atom stereocenters. The molecule has 0 saturated carbocycles. The Morgan fingerprint density at radius 1 is 1.27 bits per heavy atom. The Morgan fingerprint density at radius 2 is 2.10 bits per heavy atom. The van der Waals surface area contributed by atoms with Gasteiger partial charge in [-0.1, -0.05) is 13.0 Å². The monoisotopic (exact) mass is 416 g/mol. The quantitative estimate of drug-likeness (QED) is 0.623. The second-order valence-electron chi connectivity index (χ2n) is 7.69. The first-order chi connectivity index (χ1) is 14.5. The van der Waals surface area contributed by atoms with Crippen LogP contribution in [0.3, 0.4) is 0 Å². The van der Waals surface area contributed by atoms with Gasteiger partial charge in [-0.3, -0.25) is 9.59 Å². The largest absolute Gasteiger partial charge is 0.467 e. The van der Waals surface area contributed by atoms with Gasteiger partial charge in [-0.15, -0.1) is 0 Å². The summed E-state index contributed by atoms with van der Waals surface area (Å²) >= 11 is 0. The molecule has 1 aromatic heterocycles. The number of halogens is 1. The van der Waals surface area contributed by atoms with Crippen molar-refractivity contribution in [3.63, 3.8) is 0 Å². The third-order valence-corrected chi connectivity index (χ3v) is 5.49. The summed E-state index contributed by atoms with van der Waals surface area (Å²) in [4.78, 5) is 29.5. The summed E-state index contributed by atoms with van der Waals surface area (Å²) < 4.78 is 24.8. The molecule has 6 nitrogen and oxygen atoms in total. The molecule has 0 N–H and O–H groups in total. The number of rotatable bonds is 9. The van der Waals surface area contributed by atoms with E-state index in [4.69, 9.17) is 9.15 Å². The van der Waals surface area contributed by atoms with E-state index in [1.807, 2.05) is 19.9 Å². The summed E-state index contributed by atoms with van der Waals surface area (Å²) in [6.45, 7) is 5.22. The first-order valence-corrected chi connectivity index (χ1v) is 10.5. The third kappa shape index (κ3) is 5.69. The summed E-state index contributed by atoms with van der Waals surface area (Å²) in [6, 6.07) is 9.00. The van der Waals surface area contributed by atoms with E-state index >= 15 is 0 Å². The molecule has 2 heterocycles. The van der Waals surface area contributed by atoms with Crippen molar-refractivity contribution in [2.45, 2.75) is 51.8 Å². The third-order valence-electron chi connectivity index (χ3n) is 5.49. The lowest BCUT2D eigenvalue weighted by Gasteiger charge is -2.32. The fourth-order valence-electron chi connectivity index (χ4n) is 3.56. The first-order valence-electron chi connectivity index (χ1n) is 10.5. The number of ether oxygens (including phenoxy) is 1. The lowest BCUT2D eigenvalue weighted by atomic mass is 10.1. The van der Waals surface area contributed by atoms with Crippen LogP contribution in [0.4, 0.5) is 4.39 Å². The number of hydrogen-bond acceptors (Lipinski definition) is 4. The second kappa shape index (κ2) is 10.4. The van der Waals surface area contributed by atoms with E-state index in [2.05, 4.69) is 0 Å². The highest BCUT2D eigenvalue weighted by atomic mass is 19.1. The molecule has 2 aromatic rings. The standard InChI is InChI=1S/C23H29FN2O4/c1-3-17(2)26(23(28)18-7-4-8-19(24)13-18)16-22(27)25(14-20-9-5-11-29-20)15-21-10-6-12-30-21/h4-5,7-9,11,13,17,21H,3,6,10,12,14-16H2,1-2H3/t17-,21-/m1/s1. The van der Waals surface area contributed by atoms with Crippen LogP contribution in [0.25, 0.3) is 0 Å². The maximum absolute atomic E-state index is 13.6. The molecule has 162 valence electrons. The van der Waals surface area contributed by atoms with Crippen molar-refractivity contribution in [1.29, 1.82) is 0 Å². The molecule has 0 radical (unpaired) electrons. The summed E-state index contributed by atoms with van der Waals surface area (Å²) in [6.07, 6.45) is 4.12. The maximum Gasteiger partial charge on any atom is 0.254 e. The molecule has 7 heteroatoms. The molecule has 0 aliphatic carbocycles. The van der Waals surface area contributed by atoms with Gasteiger partial charge < -0.3 is 19.0 Å². The van der Waals surface area contributed by atoms with Gasteiger partial charge in [0.25, 0.3) is 5.91 Å². The van der Waals surface area contributed by atoms with Gasteiger partial charge in [0.15, 0.2) is 0 Å². The van der Waals surface area contributed by atoms with Gasteiger partial charge in [-0.2, -0.15) is 0 Å². The molecule has 2 amide bonds. The summed E-state index contributed by atoms with van der Waals surface area (Å²) in [5.41, 5.74) is 0.236. The van der Waals surface area contributed by atoms with Crippen molar-refractivity contribution in [1.82, 2.24) is 9.80 Å². The van der Waals surface area contributed by atoms with Crippen LogP contribution in [0.5, 0.6) is 0 Å². The van der Waals surface area contributed by atoms with Gasteiger partial charge >= 0.3 is 0 Å². The molecule has 30 heavy (non-hydrogen) atoms. The van der Waals surface area contributed by atoms with Crippen LogP contribution < -0.4 is 0 Å². The second-order valence-corrected chi connectivity index (χ2v) is 7.69. The topological polar surface area (TPSA) is 63.0 Å². The summed E-state index contributed by atoms with van der Waals surface area (Å²) in [5, 5.41) is 0. The minimum absolute atomic E-state index is 0.0140. The van der Waals surface area contributed by atoms with Crippen molar-refractivity contribution in [2.24, 2.45) is 0 Å². The Balaban J connectivity index is 1.77. The number of nitrogens with zero attached hydrogens (tertiary/aromatic N) is 2. The lowest BCUT2D eigenvalue weighted by molar-refractivity contribution is -0.134. The van der Waals surface area contributed by atoms with E-state index in [0.717, 1.165) is 12.8 Å². The average Bonchev–Trinajstić information content (AvgIpc) is 3.44. The highest BCUT2D eigenvalue weighted by Crippen LogP contribution is 2.18. The molecule has 3 rings (SSSR count). The molecular weight excluding hydrogens is 387 g/mol. The van der Waals surface area contributed by atoms with Gasteiger partial charge in [0.2, 0.25) is 5.91 Å². The molecule has 1 aliphatic heterocycles. The number of carbonyl (C=O) groups is 2. The van der Waals surface area contributed by atoms with Gasteiger partial charge in [0.05, 0.1) is 18.9 Å². The van der Waals surface area contributed by atoms with Crippen molar-refractivity contribution in [3.05, 3.63) is 59.8 Å².